The number of halogens is 6. The predicted molar refractivity (Wildman–Crippen MR) is 197 cm³/mol. The number of anilines is 2. The number of nitrogen functional groups attached to an aromatic ring is 1. The number of aromatic nitrogens is 4. The average molecular weight is 825 g/mol. The molecule has 0 spiro atoms. The average Bonchev–Trinajstić information content (AvgIpc) is 3.53. The minimum absolute atomic E-state index is 0.163. The lowest BCUT2D eigenvalue weighted by atomic mass is 9.77. The Morgan fingerprint density at radius 3 is 2.24 bits per heavy atom. The van der Waals surface area contributed by atoms with Crippen molar-refractivity contribution in [2.24, 2.45) is 0 Å². The standard InChI is InChI=1S/C33H40N8O3.2C2HF3O2/c1-6-44-25-16-22(31(43)37-26-15-21(4)10-12-35-26)7-8-24(25)28-29-30(34)36-13-14-40(29)32(38-28)33(5)11-9-23-17-39(20(2)3)18-27(42)41(23)19-33;2*3-2(4,5)1(6)7/h7-8,10,12-16,20,23H,6,9,11,17-19H2,1-5H3,(H2,34,36)(H,35,37,43);2*(H,6,7)/t23-,33+;;/m1../s1. The fraction of sp³-hybridized carbons (Fsp3) is 0.432. The monoisotopic (exact) mass is 824 g/mol. The Morgan fingerprint density at radius 1 is 1.03 bits per heavy atom. The van der Waals surface area contributed by atoms with E-state index in [0.717, 1.165) is 30.8 Å². The van der Waals surface area contributed by atoms with Gasteiger partial charge in [-0.3, -0.25) is 18.9 Å². The second-order valence-electron chi connectivity index (χ2n) is 14.0. The molecular formula is C37H42F6N8O7. The summed E-state index contributed by atoms with van der Waals surface area (Å²) in [4.78, 5) is 62.4. The zero-order valence-electron chi connectivity index (χ0n) is 32.0. The summed E-state index contributed by atoms with van der Waals surface area (Å²) >= 11 is 0. The SMILES string of the molecule is CCOc1cc(C(=O)Nc2cc(C)ccn2)ccc1-c1nc([C@@]2(C)CC[C@@H]3CN(C(C)C)CC(=O)N3C2)n2ccnc(N)c12.O=C(O)C(F)(F)F.O=C(O)C(F)(F)F. The first kappa shape index (κ1) is 44.7. The lowest BCUT2D eigenvalue weighted by molar-refractivity contribution is -0.193. The number of imidazole rings is 1. The van der Waals surface area contributed by atoms with Crippen molar-refractivity contribution in [2.75, 3.05) is 37.3 Å². The number of nitrogens with zero attached hydrogens (tertiary/aromatic N) is 6. The van der Waals surface area contributed by atoms with Crippen LogP contribution in [0.4, 0.5) is 38.0 Å². The van der Waals surface area contributed by atoms with Gasteiger partial charge in [0.25, 0.3) is 5.91 Å². The minimum Gasteiger partial charge on any atom is -0.493 e. The maximum atomic E-state index is 13.3. The molecule has 0 saturated carbocycles. The molecule has 0 radical (unpaired) electrons. The van der Waals surface area contributed by atoms with E-state index in [2.05, 4.69) is 45.9 Å². The molecule has 2 atom stereocenters. The number of alkyl halides is 6. The van der Waals surface area contributed by atoms with Crippen LogP contribution >= 0.6 is 0 Å². The first-order valence-electron chi connectivity index (χ1n) is 17.7. The summed E-state index contributed by atoms with van der Waals surface area (Å²) in [5.74, 6) is -3.48. The Labute approximate surface area is 327 Å². The number of fused-ring (bicyclic) bond motifs is 2. The zero-order chi connectivity index (χ0) is 43.3. The van der Waals surface area contributed by atoms with E-state index in [4.69, 9.17) is 35.3 Å². The molecule has 1 aromatic carbocycles. The molecule has 5 N–H and O–H groups in total. The van der Waals surface area contributed by atoms with Gasteiger partial charge >= 0.3 is 24.3 Å². The highest BCUT2D eigenvalue weighted by Crippen LogP contribution is 2.42. The van der Waals surface area contributed by atoms with Crippen LogP contribution in [0.5, 0.6) is 5.75 Å². The van der Waals surface area contributed by atoms with E-state index in [9.17, 15) is 35.9 Å². The maximum absolute atomic E-state index is 13.3. The number of benzene rings is 1. The number of hydrogen-bond donors (Lipinski definition) is 4. The second kappa shape index (κ2) is 17.7. The van der Waals surface area contributed by atoms with Crippen LogP contribution in [-0.2, 0) is 19.8 Å². The van der Waals surface area contributed by atoms with Crippen LogP contribution in [-0.4, -0.2) is 114 Å². The van der Waals surface area contributed by atoms with Crippen molar-refractivity contribution in [2.45, 2.75) is 77.3 Å². The van der Waals surface area contributed by atoms with E-state index in [1.54, 1.807) is 24.5 Å². The summed E-state index contributed by atoms with van der Waals surface area (Å²) in [6.07, 6.45) is -3.19. The van der Waals surface area contributed by atoms with Gasteiger partial charge in [0, 0.05) is 60.3 Å². The highest BCUT2D eigenvalue weighted by molar-refractivity contribution is 6.04. The zero-order valence-corrected chi connectivity index (χ0v) is 32.0. The van der Waals surface area contributed by atoms with Crippen molar-refractivity contribution in [3.05, 3.63) is 65.9 Å². The van der Waals surface area contributed by atoms with Crippen LogP contribution in [0.15, 0.2) is 48.9 Å². The summed E-state index contributed by atoms with van der Waals surface area (Å²) in [6, 6.07) is 9.54. The Balaban J connectivity index is 0.000000456. The van der Waals surface area contributed by atoms with E-state index in [0.29, 0.717) is 65.5 Å². The third kappa shape index (κ3) is 10.5. The minimum atomic E-state index is -5.08. The van der Waals surface area contributed by atoms with Crippen molar-refractivity contribution in [3.8, 4) is 17.0 Å². The van der Waals surface area contributed by atoms with Gasteiger partial charge in [0.05, 0.1) is 13.2 Å². The quantitative estimate of drug-likeness (QED) is 0.169. The summed E-state index contributed by atoms with van der Waals surface area (Å²) in [6.45, 7) is 12.6. The van der Waals surface area contributed by atoms with Gasteiger partial charge in [0.15, 0.2) is 0 Å². The number of piperidine rings is 1. The van der Waals surface area contributed by atoms with E-state index >= 15 is 0 Å². The fourth-order valence-corrected chi connectivity index (χ4v) is 6.49. The van der Waals surface area contributed by atoms with E-state index < -0.39 is 29.7 Å². The first-order chi connectivity index (χ1) is 27.0. The number of amides is 2. The fourth-order valence-electron chi connectivity index (χ4n) is 6.49. The number of aliphatic carboxylic acids is 2. The van der Waals surface area contributed by atoms with Gasteiger partial charge in [-0.1, -0.05) is 6.92 Å². The molecule has 2 aliphatic rings. The largest absolute Gasteiger partial charge is 0.493 e. The molecule has 2 saturated heterocycles. The van der Waals surface area contributed by atoms with Crippen LogP contribution in [0, 0.1) is 6.92 Å². The molecule has 0 unspecified atom stereocenters. The number of carbonyl (C=O) groups excluding carboxylic acids is 2. The highest BCUT2D eigenvalue weighted by atomic mass is 19.4. The van der Waals surface area contributed by atoms with Crippen LogP contribution in [0.1, 0.15) is 62.3 Å². The number of pyridine rings is 1. The topological polar surface area (TPSA) is 206 Å². The van der Waals surface area contributed by atoms with Crippen LogP contribution in [0.25, 0.3) is 16.8 Å². The molecular weight excluding hydrogens is 782 g/mol. The number of carbonyl (C=O) groups is 4. The molecule has 21 heteroatoms. The Bertz CT molecular complexity index is 2140. The Kier molecular flexibility index (Phi) is 13.6. The molecule has 0 bridgehead atoms. The van der Waals surface area contributed by atoms with E-state index in [1.165, 1.54) is 0 Å². The van der Waals surface area contributed by atoms with Crippen molar-refractivity contribution < 1.29 is 60.5 Å². The molecule has 2 fully saturated rings. The van der Waals surface area contributed by atoms with E-state index in [1.807, 2.05) is 42.6 Å². The number of piperazine rings is 1. The van der Waals surface area contributed by atoms with Gasteiger partial charge in [0.2, 0.25) is 5.91 Å². The van der Waals surface area contributed by atoms with Gasteiger partial charge in [-0.2, -0.15) is 26.3 Å². The lowest BCUT2D eigenvalue weighted by Crippen LogP contribution is -2.63. The molecule has 58 heavy (non-hydrogen) atoms. The van der Waals surface area contributed by atoms with Crippen LogP contribution in [0.2, 0.25) is 0 Å². The maximum Gasteiger partial charge on any atom is 0.490 e. The van der Waals surface area contributed by atoms with Crippen molar-refractivity contribution in [1.29, 1.82) is 0 Å². The number of nitrogens with one attached hydrogen (secondary N) is 1. The smallest absolute Gasteiger partial charge is 0.490 e. The van der Waals surface area contributed by atoms with Gasteiger partial charge < -0.3 is 30.9 Å². The van der Waals surface area contributed by atoms with Crippen molar-refractivity contribution in [3.63, 3.8) is 0 Å². The first-order valence-corrected chi connectivity index (χ1v) is 17.7. The molecule has 4 aromatic rings. The van der Waals surface area contributed by atoms with Crippen molar-refractivity contribution in [1.82, 2.24) is 29.2 Å². The van der Waals surface area contributed by atoms with Crippen LogP contribution in [0.3, 0.4) is 0 Å². The van der Waals surface area contributed by atoms with Gasteiger partial charge in [-0.05, 0) is 76.4 Å². The molecule has 314 valence electrons. The number of aryl methyl sites for hydroxylation is 1. The third-order valence-electron chi connectivity index (χ3n) is 9.39. The number of ether oxygens (including phenoxy) is 1. The van der Waals surface area contributed by atoms with E-state index in [-0.39, 0.29) is 17.9 Å². The molecule has 3 aromatic heterocycles. The number of nitrogens with two attached hydrogens (primary N) is 1. The number of carboxylic acid groups (broad SMARTS) is 2. The van der Waals surface area contributed by atoms with Gasteiger partial charge in [-0.25, -0.2) is 24.5 Å². The summed E-state index contributed by atoms with van der Waals surface area (Å²) in [7, 11) is 0. The van der Waals surface area contributed by atoms with Gasteiger partial charge in [0.1, 0.15) is 34.4 Å². The Morgan fingerprint density at radius 2 is 1.67 bits per heavy atom. The number of hydrogen-bond acceptors (Lipinski definition) is 10. The Hall–Kier alpha value is -5.99. The lowest BCUT2D eigenvalue weighted by Gasteiger charge is -2.50. The molecule has 6 rings (SSSR count). The van der Waals surface area contributed by atoms with Crippen LogP contribution < -0.4 is 15.8 Å². The van der Waals surface area contributed by atoms with Gasteiger partial charge in [-0.15, -0.1) is 0 Å². The highest BCUT2D eigenvalue weighted by Gasteiger charge is 2.45. The number of carboxylic acids is 2. The predicted octanol–water partition coefficient (Wildman–Crippen LogP) is 5.57. The normalized spacial score (nSPS) is 18.4. The molecule has 2 aliphatic heterocycles. The van der Waals surface area contributed by atoms with Crippen molar-refractivity contribution >= 4 is 40.9 Å². The summed E-state index contributed by atoms with van der Waals surface area (Å²) < 4.78 is 71.5. The third-order valence-corrected chi connectivity index (χ3v) is 9.39. The molecule has 5 heterocycles. The summed E-state index contributed by atoms with van der Waals surface area (Å²) in [5.41, 5.74) is 9.52. The summed E-state index contributed by atoms with van der Waals surface area (Å²) in [5, 5.41) is 17.1. The molecule has 0 aliphatic carbocycles. The molecule has 2 amide bonds. The molecule has 15 nitrogen and oxygen atoms in total. The second-order valence-corrected chi connectivity index (χ2v) is 14.0. The number of rotatable bonds is 7.